The Hall–Kier alpha value is -1.26. The quantitative estimate of drug-likeness (QED) is 0.706. The summed E-state index contributed by atoms with van der Waals surface area (Å²) >= 11 is 0. The van der Waals surface area contributed by atoms with Crippen LogP contribution in [0.1, 0.15) is 33.6 Å². The summed E-state index contributed by atoms with van der Waals surface area (Å²) in [5.41, 5.74) is -0.446. The molecule has 5 nitrogen and oxygen atoms in total. The highest BCUT2D eigenvalue weighted by atomic mass is 16.6. The van der Waals surface area contributed by atoms with E-state index in [0.717, 1.165) is 25.9 Å². The van der Waals surface area contributed by atoms with Gasteiger partial charge in [0.1, 0.15) is 11.7 Å². The van der Waals surface area contributed by atoms with E-state index < -0.39 is 5.60 Å². The van der Waals surface area contributed by atoms with E-state index in [0.29, 0.717) is 18.3 Å². The van der Waals surface area contributed by atoms with Crippen molar-refractivity contribution in [1.82, 2.24) is 4.90 Å². The molecule has 1 heterocycles. The molecule has 2 rings (SSSR count). The molecule has 1 aliphatic heterocycles. The van der Waals surface area contributed by atoms with Gasteiger partial charge in [0.15, 0.2) is 0 Å². The third-order valence-corrected chi connectivity index (χ3v) is 3.61. The van der Waals surface area contributed by atoms with Gasteiger partial charge in [-0.1, -0.05) is 0 Å². The van der Waals surface area contributed by atoms with Crippen molar-refractivity contribution < 1.29 is 19.1 Å². The average molecular weight is 255 g/mol. The third-order valence-electron chi connectivity index (χ3n) is 3.61. The van der Waals surface area contributed by atoms with Crippen LogP contribution in [-0.2, 0) is 14.3 Å². The normalized spacial score (nSPS) is 31.1. The minimum atomic E-state index is -0.446. The number of likely N-dealkylation sites (tertiary alicyclic amines) is 1. The Kier molecular flexibility index (Phi) is 3.50. The van der Waals surface area contributed by atoms with Gasteiger partial charge < -0.3 is 14.4 Å². The number of rotatable bonds is 2. The largest absolute Gasteiger partial charge is 0.465 e. The van der Waals surface area contributed by atoms with E-state index in [9.17, 15) is 9.59 Å². The number of hydrogen-bond donors (Lipinski definition) is 0. The van der Waals surface area contributed by atoms with E-state index in [1.165, 1.54) is 0 Å². The lowest BCUT2D eigenvalue weighted by Crippen LogP contribution is -2.36. The highest BCUT2D eigenvalue weighted by molar-refractivity contribution is 5.68. The number of carbonyl (C=O) groups is 2. The maximum absolute atomic E-state index is 11.9. The topological polar surface area (TPSA) is 55.8 Å². The zero-order chi connectivity index (χ0) is 13.3. The van der Waals surface area contributed by atoms with Crippen LogP contribution >= 0.6 is 0 Å². The van der Waals surface area contributed by atoms with Gasteiger partial charge in [-0.05, 0) is 45.4 Å². The van der Waals surface area contributed by atoms with Crippen LogP contribution in [0.5, 0.6) is 0 Å². The van der Waals surface area contributed by atoms with Gasteiger partial charge in [0.2, 0.25) is 0 Å². The number of fused-ring (bicyclic) bond motifs is 1. The fourth-order valence-corrected chi connectivity index (χ4v) is 2.91. The third kappa shape index (κ3) is 2.94. The van der Waals surface area contributed by atoms with Crippen LogP contribution in [0.25, 0.3) is 0 Å². The Morgan fingerprint density at radius 3 is 2.22 bits per heavy atom. The van der Waals surface area contributed by atoms with Gasteiger partial charge in [-0.3, -0.25) is 4.79 Å². The van der Waals surface area contributed by atoms with Crippen molar-refractivity contribution in [2.24, 2.45) is 11.8 Å². The fourth-order valence-electron chi connectivity index (χ4n) is 2.91. The second kappa shape index (κ2) is 4.78. The lowest BCUT2D eigenvalue weighted by Gasteiger charge is -2.25. The van der Waals surface area contributed by atoms with Crippen molar-refractivity contribution in [3.8, 4) is 0 Å². The van der Waals surface area contributed by atoms with Crippen LogP contribution in [0.2, 0.25) is 0 Å². The molecule has 2 fully saturated rings. The molecule has 0 bridgehead atoms. The zero-order valence-electron chi connectivity index (χ0n) is 11.2. The van der Waals surface area contributed by atoms with Crippen molar-refractivity contribution in [2.75, 3.05) is 13.1 Å². The maximum atomic E-state index is 11.9. The highest BCUT2D eigenvalue weighted by Gasteiger charge is 2.44. The molecule has 5 heteroatoms. The summed E-state index contributed by atoms with van der Waals surface area (Å²) in [6.07, 6.45) is 1.54. The van der Waals surface area contributed by atoms with Crippen LogP contribution in [0, 0.1) is 11.8 Å². The molecule has 2 aliphatic rings. The molecule has 0 aromatic carbocycles. The minimum Gasteiger partial charge on any atom is -0.465 e. The van der Waals surface area contributed by atoms with Crippen LogP contribution in [0.3, 0.4) is 0 Å². The molecule has 2 atom stereocenters. The number of amides is 1. The van der Waals surface area contributed by atoms with Crippen LogP contribution in [-0.4, -0.2) is 42.3 Å². The first-order chi connectivity index (χ1) is 8.39. The molecule has 1 amide bonds. The first-order valence-corrected chi connectivity index (χ1v) is 6.46. The molecular weight excluding hydrogens is 234 g/mol. The molecule has 0 N–H and O–H groups in total. The molecule has 1 aliphatic carbocycles. The average Bonchev–Trinajstić information content (AvgIpc) is 2.72. The van der Waals surface area contributed by atoms with Gasteiger partial charge >= 0.3 is 6.09 Å². The number of hydrogen-bond acceptors (Lipinski definition) is 4. The smallest absolute Gasteiger partial charge is 0.410 e. The van der Waals surface area contributed by atoms with Crippen LogP contribution in [0.15, 0.2) is 0 Å². The fraction of sp³-hybridized carbons (Fsp3) is 0.846. The Labute approximate surface area is 107 Å². The second-order valence-corrected chi connectivity index (χ2v) is 6.23. The Morgan fingerprint density at radius 2 is 1.78 bits per heavy atom. The first kappa shape index (κ1) is 13.2. The molecule has 2 unspecified atom stereocenters. The minimum absolute atomic E-state index is 0.0401. The highest BCUT2D eigenvalue weighted by Crippen LogP contribution is 2.39. The van der Waals surface area contributed by atoms with Gasteiger partial charge in [-0.15, -0.1) is 0 Å². The maximum Gasteiger partial charge on any atom is 0.410 e. The molecule has 102 valence electrons. The van der Waals surface area contributed by atoms with Crippen LogP contribution in [0.4, 0.5) is 4.79 Å². The van der Waals surface area contributed by atoms with Crippen molar-refractivity contribution in [3.63, 3.8) is 0 Å². The SMILES string of the molecule is CC(C)(C)OC(=O)N1CC2CC(OC=O)CC2C1. The number of carbonyl (C=O) groups excluding carboxylic acids is 2. The second-order valence-electron chi connectivity index (χ2n) is 6.23. The summed E-state index contributed by atoms with van der Waals surface area (Å²) in [5.74, 6) is 0.893. The van der Waals surface area contributed by atoms with E-state index >= 15 is 0 Å². The van der Waals surface area contributed by atoms with E-state index in [2.05, 4.69) is 0 Å². The molecular formula is C13H21NO4. The predicted octanol–water partition coefficient (Wildman–Crippen LogP) is 1.80. The van der Waals surface area contributed by atoms with Crippen molar-refractivity contribution in [1.29, 1.82) is 0 Å². The Bertz CT molecular complexity index is 322. The van der Waals surface area contributed by atoms with Gasteiger partial charge in [0.25, 0.3) is 6.47 Å². The molecule has 0 aromatic rings. The standard InChI is InChI=1S/C13H21NO4/c1-13(2,3)18-12(16)14-6-9-4-11(17-8-15)5-10(9)7-14/h8-11H,4-7H2,1-3H3. The van der Waals surface area contributed by atoms with E-state index in [-0.39, 0.29) is 12.2 Å². The predicted molar refractivity (Wildman–Crippen MR) is 65.0 cm³/mol. The number of nitrogens with zero attached hydrogens (tertiary/aromatic N) is 1. The molecule has 1 saturated heterocycles. The summed E-state index contributed by atoms with van der Waals surface area (Å²) in [7, 11) is 0. The van der Waals surface area contributed by atoms with E-state index in [4.69, 9.17) is 9.47 Å². The monoisotopic (exact) mass is 255 g/mol. The summed E-state index contributed by atoms with van der Waals surface area (Å²) in [6, 6.07) is 0. The molecule has 18 heavy (non-hydrogen) atoms. The Balaban J connectivity index is 1.85. The summed E-state index contributed by atoms with van der Waals surface area (Å²) < 4.78 is 10.4. The van der Waals surface area contributed by atoms with Crippen molar-refractivity contribution in [2.45, 2.75) is 45.3 Å². The first-order valence-electron chi connectivity index (χ1n) is 6.46. The lowest BCUT2D eigenvalue weighted by molar-refractivity contribution is -0.133. The summed E-state index contributed by atoms with van der Waals surface area (Å²) in [5, 5.41) is 0. The van der Waals surface area contributed by atoms with E-state index in [1.807, 2.05) is 20.8 Å². The van der Waals surface area contributed by atoms with Crippen molar-refractivity contribution in [3.05, 3.63) is 0 Å². The van der Waals surface area contributed by atoms with Gasteiger partial charge in [-0.2, -0.15) is 0 Å². The molecule has 1 saturated carbocycles. The zero-order valence-corrected chi connectivity index (χ0v) is 11.2. The summed E-state index contributed by atoms with van der Waals surface area (Å²) in [6.45, 7) is 7.58. The van der Waals surface area contributed by atoms with Crippen LogP contribution < -0.4 is 0 Å². The van der Waals surface area contributed by atoms with Gasteiger partial charge in [0, 0.05) is 13.1 Å². The molecule has 0 aromatic heterocycles. The van der Waals surface area contributed by atoms with Gasteiger partial charge in [-0.25, -0.2) is 4.79 Å². The van der Waals surface area contributed by atoms with Gasteiger partial charge in [0.05, 0.1) is 0 Å². The lowest BCUT2D eigenvalue weighted by atomic mass is 10.0. The Morgan fingerprint density at radius 1 is 1.22 bits per heavy atom. The van der Waals surface area contributed by atoms with Crippen molar-refractivity contribution >= 4 is 12.6 Å². The van der Waals surface area contributed by atoms with E-state index in [1.54, 1.807) is 4.90 Å². The summed E-state index contributed by atoms with van der Waals surface area (Å²) in [4.78, 5) is 24.0. The number of ether oxygens (including phenoxy) is 2. The molecule has 0 spiro atoms. The molecule has 0 radical (unpaired) electrons.